The van der Waals surface area contributed by atoms with Crippen molar-refractivity contribution in [3.8, 4) is 28.0 Å². The molecule has 0 saturated carbocycles. The van der Waals surface area contributed by atoms with Gasteiger partial charge in [0.1, 0.15) is 5.75 Å². The van der Waals surface area contributed by atoms with Crippen LogP contribution in [0.3, 0.4) is 0 Å². The average Bonchev–Trinajstić information content (AvgIpc) is 2.95. The van der Waals surface area contributed by atoms with Crippen molar-refractivity contribution in [3.63, 3.8) is 0 Å². The summed E-state index contributed by atoms with van der Waals surface area (Å²) < 4.78 is 6.01. The van der Waals surface area contributed by atoms with Crippen LogP contribution in [0.25, 0.3) is 22.3 Å². The number of rotatable bonds is 8. The largest absolute Gasteiger partial charge is 0.491 e. The molecule has 0 aliphatic rings. The molecule has 0 amide bonds. The van der Waals surface area contributed by atoms with Crippen LogP contribution in [-0.4, -0.2) is 6.10 Å². The number of ether oxygens (including phenoxy) is 1. The molecule has 0 aliphatic carbocycles. The third-order valence-electron chi connectivity index (χ3n) is 6.45. The molecule has 0 bridgehead atoms. The van der Waals surface area contributed by atoms with E-state index in [1.807, 2.05) is 6.07 Å². The summed E-state index contributed by atoms with van der Waals surface area (Å²) in [7, 11) is 0. The summed E-state index contributed by atoms with van der Waals surface area (Å²) in [4.78, 5) is 2.28. The molecular weight excluding hydrogens is 438 g/mol. The van der Waals surface area contributed by atoms with Gasteiger partial charge in [0, 0.05) is 17.1 Å². The standard InChI is InChI=1S/C34H31NO/c1-3-26(2)36-34-16-10-11-30(25-34)29-19-17-27(18-20-29)28-21-23-33(24-22-28)35(31-12-6-4-7-13-31)32-14-8-5-9-15-32/h4-26H,3H2,1-2H3. The van der Waals surface area contributed by atoms with E-state index in [-0.39, 0.29) is 6.10 Å². The molecule has 0 heterocycles. The van der Waals surface area contributed by atoms with Crippen LogP contribution >= 0.6 is 0 Å². The second-order valence-electron chi connectivity index (χ2n) is 9.00. The van der Waals surface area contributed by atoms with Crippen LogP contribution in [0.4, 0.5) is 17.1 Å². The summed E-state index contributed by atoms with van der Waals surface area (Å²) in [5.74, 6) is 0.919. The van der Waals surface area contributed by atoms with Crippen molar-refractivity contribution in [1.82, 2.24) is 0 Å². The Kier molecular flexibility index (Phi) is 7.14. The third kappa shape index (κ3) is 5.34. The Morgan fingerprint density at radius 2 is 1.00 bits per heavy atom. The van der Waals surface area contributed by atoms with Crippen LogP contribution in [-0.2, 0) is 0 Å². The monoisotopic (exact) mass is 469 g/mol. The van der Waals surface area contributed by atoms with Crippen molar-refractivity contribution in [2.45, 2.75) is 26.4 Å². The minimum Gasteiger partial charge on any atom is -0.491 e. The van der Waals surface area contributed by atoms with Gasteiger partial charge < -0.3 is 9.64 Å². The molecule has 178 valence electrons. The normalized spacial score (nSPS) is 11.6. The van der Waals surface area contributed by atoms with Gasteiger partial charge in [0.2, 0.25) is 0 Å². The molecule has 0 saturated heterocycles. The second kappa shape index (κ2) is 11.0. The molecule has 2 nitrogen and oxygen atoms in total. The molecule has 0 aliphatic heterocycles. The molecule has 5 rings (SSSR count). The molecular formula is C34H31NO. The van der Waals surface area contributed by atoms with Gasteiger partial charge in [-0.05, 0) is 84.1 Å². The van der Waals surface area contributed by atoms with Gasteiger partial charge in [-0.3, -0.25) is 0 Å². The van der Waals surface area contributed by atoms with Crippen molar-refractivity contribution < 1.29 is 4.74 Å². The summed E-state index contributed by atoms with van der Waals surface area (Å²) in [5, 5.41) is 0. The highest BCUT2D eigenvalue weighted by Crippen LogP contribution is 2.35. The Balaban J connectivity index is 1.39. The maximum atomic E-state index is 6.01. The molecule has 1 unspecified atom stereocenters. The molecule has 5 aromatic rings. The zero-order chi connectivity index (χ0) is 24.7. The first-order valence-electron chi connectivity index (χ1n) is 12.6. The third-order valence-corrected chi connectivity index (χ3v) is 6.45. The van der Waals surface area contributed by atoms with Crippen LogP contribution in [0, 0.1) is 0 Å². The lowest BCUT2D eigenvalue weighted by molar-refractivity contribution is 0.217. The van der Waals surface area contributed by atoms with Crippen LogP contribution in [0.5, 0.6) is 5.75 Å². The van der Waals surface area contributed by atoms with Gasteiger partial charge >= 0.3 is 0 Å². The highest BCUT2D eigenvalue weighted by Gasteiger charge is 2.12. The van der Waals surface area contributed by atoms with Crippen molar-refractivity contribution in [2.75, 3.05) is 4.90 Å². The molecule has 0 aromatic heterocycles. The first kappa shape index (κ1) is 23.4. The number of hydrogen-bond donors (Lipinski definition) is 0. The molecule has 5 aromatic carbocycles. The van der Waals surface area contributed by atoms with Crippen LogP contribution in [0.15, 0.2) is 133 Å². The lowest BCUT2D eigenvalue weighted by atomic mass is 10.00. The summed E-state index contributed by atoms with van der Waals surface area (Å²) >= 11 is 0. The minimum atomic E-state index is 0.213. The van der Waals surface area contributed by atoms with Crippen LogP contribution in [0.2, 0.25) is 0 Å². The summed E-state index contributed by atoms with van der Waals surface area (Å²) in [6, 6.07) is 46.9. The maximum Gasteiger partial charge on any atom is 0.120 e. The van der Waals surface area contributed by atoms with Crippen molar-refractivity contribution in [2.24, 2.45) is 0 Å². The number of hydrogen-bond acceptors (Lipinski definition) is 2. The Hall–Kier alpha value is -4.30. The van der Waals surface area contributed by atoms with E-state index in [9.17, 15) is 0 Å². The van der Waals surface area contributed by atoms with Crippen molar-refractivity contribution in [1.29, 1.82) is 0 Å². The smallest absolute Gasteiger partial charge is 0.120 e. The highest BCUT2D eigenvalue weighted by atomic mass is 16.5. The lowest BCUT2D eigenvalue weighted by Gasteiger charge is -2.25. The van der Waals surface area contributed by atoms with E-state index in [0.29, 0.717) is 0 Å². The zero-order valence-corrected chi connectivity index (χ0v) is 20.8. The van der Waals surface area contributed by atoms with Gasteiger partial charge in [-0.1, -0.05) is 91.9 Å². The fraction of sp³-hybridized carbons (Fsp3) is 0.118. The quantitative estimate of drug-likeness (QED) is 0.224. The molecule has 2 heteroatoms. The van der Waals surface area contributed by atoms with Crippen LogP contribution in [0.1, 0.15) is 20.3 Å². The van der Waals surface area contributed by atoms with E-state index in [0.717, 1.165) is 29.2 Å². The summed E-state index contributed by atoms with van der Waals surface area (Å²) in [6.45, 7) is 4.24. The Bertz CT molecular complexity index is 1340. The minimum absolute atomic E-state index is 0.213. The van der Waals surface area contributed by atoms with Crippen molar-refractivity contribution in [3.05, 3.63) is 133 Å². The zero-order valence-electron chi connectivity index (χ0n) is 20.8. The second-order valence-corrected chi connectivity index (χ2v) is 9.00. The highest BCUT2D eigenvalue weighted by molar-refractivity contribution is 5.78. The topological polar surface area (TPSA) is 12.5 Å². The first-order valence-corrected chi connectivity index (χ1v) is 12.6. The Morgan fingerprint density at radius 3 is 1.53 bits per heavy atom. The number of para-hydroxylation sites is 2. The van der Waals surface area contributed by atoms with Gasteiger partial charge in [-0.15, -0.1) is 0 Å². The predicted molar refractivity (Wildman–Crippen MR) is 152 cm³/mol. The fourth-order valence-corrected chi connectivity index (χ4v) is 4.32. The van der Waals surface area contributed by atoms with Gasteiger partial charge in [0.15, 0.2) is 0 Å². The number of anilines is 3. The molecule has 0 radical (unpaired) electrons. The van der Waals surface area contributed by atoms with E-state index in [1.165, 1.54) is 22.3 Å². The van der Waals surface area contributed by atoms with Gasteiger partial charge in [-0.2, -0.15) is 0 Å². The van der Waals surface area contributed by atoms with E-state index >= 15 is 0 Å². The average molecular weight is 470 g/mol. The number of benzene rings is 5. The molecule has 0 N–H and O–H groups in total. The molecule has 36 heavy (non-hydrogen) atoms. The van der Waals surface area contributed by atoms with Gasteiger partial charge in [0.25, 0.3) is 0 Å². The Labute approximate surface area is 214 Å². The SMILES string of the molecule is CCC(C)Oc1cccc(-c2ccc(-c3ccc(N(c4ccccc4)c4ccccc4)cc3)cc2)c1. The lowest BCUT2D eigenvalue weighted by Crippen LogP contribution is -2.09. The first-order chi connectivity index (χ1) is 17.7. The van der Waals surface area contributed by atoms with Crippen LogP contribution < -0.4 is 9.64 Å². The maximum absolute atomic E-state index is 6.01. The van der Waals surface area contributed by atoms with E-state index in [2.05, 4.69) is 146 Å². The van der Waals surface area contributed by atoms with E-state index in [4.69, 9.17) is 4.74 Å². The van der Waals surface area contributed by atoms with Gasteiger partial charge in [0.05, 0.1) is 6.10 Å². The van der Waals surface area contributed by atoms with E-state index < -0.39 is 0 Å². The fourth-order valence-electron chi connectivity index (χ4n) is 4.32. The van der Waals surface area contributed by atoms with Crippen molar-refractivity contribution >= 4 is 17.1 Å². The summed E-state index contributed by atoms with van der Waals surface area (Å²) in [6.07, 6.45) is 1.21. The number of nitrogens with zero attached hydrogens (tertiary/aromatic N) is 1. The van der Waals surface area contributed by atoms with Gasteiger partial charge in [-0.25, -0.2) is 0 Å². The Morgan fingerprint density at radius 1 is 0.528 bits per heavy atom. The molecule has 0 fully saturated rings. The molecule has 1 atom stereocenters. The molecule has 0 spiro atoms. The predicted octanol–water partition coefficient (Wildman–Crippen LogP) is 9.67. The summed E-state index contributed by atoms with van der Waals surface area (Å²) in [5.41, 5.74) is 8.15. The van der Waals surface area contributed by atoms with E-state index in [1.54, 1.807) is 0 Å².